The molecule has 0 radical (unpaired) electrons. The number of fused-ring (bicyclic) bond motifs is 1. The van der Waals surface area contributed by atoms with E-state index in [-0.39, 0.29) is 6.17 Å². The summed E-state index contributed by atoms with van der Waals surface area (Å²) in [6.07, 6.45) is 0.745. The molecular formula is C11H14N2O3. The molecule has 0 aliphatic carbocycles. The van der Waals surface area contributed by atoms with Crippen LogP contribution in [0, 0.1) is 0 Å². The highest BCUT2D eigenvalue weighted by atomic mass is 16.6. The normalized spacial score (nSPS) is 13.0. The van der Waals surface area contributed by atoms with Gasteiger partial charge in [-0.25, -0.2) is 9.59 Å². The van der Waals surface area contributed by atoms with Gasteiger partial charge in [-0.1, -0.05) is 19.1 Å². The van der Waals surface area contributed by atoms with E-state index in [1.54, 1.807) is 24.3 Å². The summed E-state index contributed by atoms with van der Waals surface area (Å²) in [6, 6.07) is 6.53. The maximum absolute atomic E-state index is 10.8. The lowest BCUT2D eigenvalue weighted by Crippen LogP contribution is -2.28. The van der Waals surface area contributed by atoms with Crippen LogP contribution in [0.2, 0.25) is 0 Å². The molecule has 0 atom stereocenters. The summed E-state index contributed by atoms with van der Waals surface area (Å²) in [5, 5.41) is 0. The zero-order valence-corrected chi connectivity index (χ0v) is 8.97. The average molecular weight is 222 g/mol. The Morgan fingerprint density at radius 2 is 1.50 bits per heavy atom. The third-order valence-electron chi connectivity index (χ3n) is 2.02. The van der Waals surface area contributed by atoms with E-state index in [1.807, 2.05) is 6.92 Å². The molecular weight excluding hydrogens is 208 g/mol. The molecule has 2 rings (SSSR count). The second kappa shape index (κ2) is 5.39. The number of esters is 2. The first-order valence-electron chi connectivity index (χ1n) is 4.93. The molecule has 4 N–H and O–H groups in total. The van der Waals surface area contributed by atoms with Crippen LogP contribution in [-0.2, 0) is 4.74 Å². The first-order valence-corrected chi connectivity index (χ1v) is 4.93. The second-order valence-corrected chi connectivity index (χ2v) is 3.29. The van der Waals surface area contributed by atoms with Crippen molar-refractivity contribution < 1.29 is 14.3 Å². The maximum atomic E-state index is 10.8. The van der Waals surface area contributed by atoms with Gasteiger partial charge in [-0.3, -0.25) is 0 Å². The van der Waals surface area contributed by atoms with Crippen molar-refractivity contribution in [3.05, 3.63) is 35.4 Å². The predicted octanol–water partition coefficient (Wildman–Crippen LogP) is 0.637. The Morgan fingerprint density at radius 3 is 1.81 bits per heavy atom. The molecule has 0 saturated carbocycles. The molecule has 0 saturated heterocycles. The Labute approximate surface area is 93.4 Å². The minimum Gasteiger partial charge on any atom is -0.386 e. The summed E-state index contributed by atoms with van der Waals surface area (Å²) < 4.78 is 4.35. The van der Waals surface area contributed by atoms with Crippen LogP contribution in [0.25, 0.3) is 0 Å². The molecule has 0 aromatic heterocycles. The van der Waals surface area contributed by atoms with E-state index in [0.29, 0.717) is 11.1 Å². The number of hydrogen-bond acceptors (Lipinski definition) is 5. The highest BCUT2D eigenvalue weighted by Crippen LogP contribution is 2.18. The van der Waals surface area contributed by atoms with E-state index in [2.05, 4.69) is 4.74 Å². The van der Waals surface area contributed by atoms with E-state index in [0.717, 1.165) is 6.42 Å². The number of hydrogen-bond donors (Lipinski definition) is 2. The lowest BCUT2D eigenvalue weighted by molar-refractivity contribution is 0.0444. The molecule has 0 amide bonds. The van der Waals surface area contributed by atoms with Crippen LogP contribution in [0.4, 0.5) is 0 Å². The van der Waals surface area contributed by atoms with Gasteiger partial charge in [0.05, 0.1) is 17.3 Å². The quantitative estimate of drug-likeness (QED) is 0.413. The fourth-order valence-corrected chi connectivity index (χ4v) is 1.03. The van der Waals surface area contributed by atoms with Gasteiger partial charge in [0, 0.05) is 0 Å². The summed E-state index contributed by atoms with van der Waals surface area (Å²) in [7, 11) is 0. The molecule has 1 aromatic rings. The number of nitrogens with two attached hydrogens (primary N) is 2. The molecule has 5 nitrogen and oxygen atoms in total. The predicted molar refractivity (Wildman–Crippen MR) is 58.6 cm³/mol. The van der Waals surface area contributed by atoms with E-state index in [4.69, 9.17) is 11.5 Å². The summed E-state index contributed by atoms with van der Waals surface area (Å²) in [4.78, 5) is 21.7. The Bertz CT molecular complexity index is 369. The molecule has 5 heteroatoms. The lowest BCUT2D eigenvalue weighted by atomic mass is 10.1. The molecule has 86 valence electrons. The van der Waals surface area contributed by atoms with Crippen LogP contribution in [0.1, 0.15) is 34.1 Å². The number of carbonyl (C=O) groups excluding carboxylic acids is 2. The number of ether oxygens (including phenoxy) is 1. The van der Waals surface area contributed by atoms with Crippen molar-refractivity contribution in [1.29, 1.82) is 0 Å². The van der Waals surface area contributed by atoms with Crippen molar-refractivity contribution in [1.82, 2.24) is 0 Å². The largest absolute Gasteiger partial charge is 0.386 e. The zero-order chi connectivity index (χ0) is 12.1. The van der Waals surface area contributed by atoms with Gasteiger partial charge in [-0.05, 0) is 18.6 Å². The average Bonchev–Trinajstić information content (AvgIpc) is 2.56. The Morgan fingerprint density at radius 1 is 1.12 bits per heavy atom. The zero-order valence-electron chi connectivity index (χ0n) is 8.97. The van der Waals surface area contributed by atoms with E-state index in [9.17, 15) is 9.59 Å². The van der Waals surface area contributed by atoms with Gasteiger partial charge in [0.2, 0.25) is 0 Å². The first kappa shape index (κ1) is 12.4. The minimum absolute atomic E-state index is 0.116. The first-order chi connectivity index (χ1) is 7.56. The van der Waals surface area contributed by atoms with Gasteiger partial charge in [0.1, 0.15) is 0 Å². The van der Waals surface area contributed by atoms with Crippen molar-refractivity contribution in [2.24, 2.45) is 11.5 Å². The number of cyclic esters (lactones) is 2. The fraction of sp³-hybridized carbons (Fsp3) is 0.273. The van der Waals surface area contributed by atoms with Crippen molar-refractivity contribution in [2.45, 2.75) is 19.5 Å². The van der Waals surface area contributed by atoms with Crippen molar-refractivity contribution >= 4 is 11.9 Å². The molecule has 1 aliphatic heterocycles. The van der Waals surface area contributed by atoms with Gasteiger partial charge in [-0.15, -0.1) is 0 Å². The van der Waals surface area contributed by atoms with Crippen LogP contribution >= 0.6 is 0 Å². The molecule has 0 bridgehead atoms. The third kappa shape index (κ3) is 2.88. The molecule has 0 unspecified atom stereocenters. The van der Waals surface area contributed by atoms with Gasteiger partial charge in [0.15, 0.2) is 0 Å². The van der Waals surface area contributed by atoms with Crippen LogP contribution in [0.5, 0.6) is 0 Å². The van der Waals surface area contributed by atoms with Crippen LogP contribution in [0.15, 0.2) is 24.3 Å². The van der Waals surface area contributed by atoms with Crippen molar-refractivity contribution in [3.63, 3.8) is 0 Å². The lowest BCUT2D eigenvalue weighted by Gasteiger charge is -1.92. The SMILES string of the molecule is CCC(N)N.O=C1OC(=O)c2ccccc21. The van der Waals surface area contributed by atoms with Gasteiger partial charge in [0.25, 0.3) is 0 Å². The topological polar surface area (TPSA) is 95.4 Å². The molecule has 1 aromatic carbocycles. The second-order valence-electron chi connectivity index (χ2n) is 3.29. The minimum atomic E-state index is -0.550. The molecule has 0 fully saturated rings. The monoisotopic (exact) mass is 222 g/mol. The summed E-state index contributed by atoms with van der Waals surface area (Å²) >= 11 is 0. The molecule has 16 heavy (non-hydrogen) atoms. The van der Waals surface area contributed by atoms with Gasteiger partial charge >= 0.3 is 11.9 Å². The molecule has 1 aliphatic rings. The highest BCUT2D eigenvalue weighted by molar-refractivity contribution is 6.14. The van der Waals surface area contributed by atoms with Gasteiger partial charge < -0.3 is 16.2 Å². The Kier molecular flexibility index (Phi) is 4.16. The van der Waals surface area contributed by atoms with Crippen LogP contribution in [-0.4, -0.2) is 18.1 Å². The van der Waals surface area contributed by atoms with Crippen molar-refractivity contribution in [2.75, 3.05) is 0 Å². The Hall–Kier alpha value is -1.72. The van der Waals surface area contributed by atoms with E-state index >= 15 is 0 Å². The summed E-state index contributed by atoms with van der Waals surface area (Å²) in [6.45, 7) is 1.95. The number of benzene rings is 1. The van der Waals surface area contributed by atoms with E-state index < -0.39 is 11.9 Å². The standard InChI is InChI=1S/C8H4O3.C3H10N2/c9-7-5-3-1-2-4-6(5)8(10)11-7;1-2-3(4)5/h1-4H;3H,2,4-5H2,1H3. The summed E-state index contributed by atoms with van der Waals surface area (Å²) in [5.41, 5.74) is 10.9. The summed E-state index contributed by atoms with van der Waals surface area (Å²) in [5.74, 6) is -1.10. The Balaban J connectivity index is 0.000000221. The fourth-order valence-electron chi connectivity index (χ4n) is 1.03. The molecule has 1 heterocycles. The van der Waals surface area contributed by atoms with E-state index in [1.165, 1.54) is 0 Å². The van der Waals surface area contributed by atoms with Gasteiger partial charge in [-0.2, -0.15) is 0 Å². The molecule has 0 spiro atoms. The number of carbonyl (C=O) groups is 2. The van der Waals surface area contributed by atoms with Crippen LogP contribution < -0.4 is 11.5 Å². The van der Waals surface area contributed by atoms with Crippen LogP contribution in [0.3, 0.4) is 0 Å². The number of rotatable bonds is 1. The maximum Gasteiger partial charge on any atom is 0.346 e. The smallest absolute Gasteiger partial charge is 0.346 e. The third-order valence-corrected chi connectivity index (χ3v) is 2.02. The van der Waals surface area contributed by atoms with Crippen molar-refractivity contribution in [3.8, 4) is 0 Å². The highest BCUT2D eigenvalue weighted by Gasteiger charge is 2.28.